The molecule has 1 unspecified atom stereocenters. The van der Waals surface area contributed by atoms with Crippen molar-refractivity contribution in [2.75, 3.05) is 26.2 Å². The average molecular weight is 212 g/mol. The van der Waals surface area contributed by atoms with Crippen LogP contribution in [0.25, 0.3) is 0 Å². The second-order valence-corrected chi connectivity index (χ2v) is 4.49. The molecule has 0 aromatic heterocycles. The first-order valence-corrected chi connectivity index (χ1v) is 5.91. The third-order valence-corrected chi connectivity index (χ3v) is 3.14. The van der Waals surface area contributed by atoms with Gasteiger partial charge >= 0.3 is 0 Å². The van der Waals surface area contributed by atoms with E-state index in [0.717, 1.165) is 45.5 Å². The molecule has 86 valence electrons. The van der Waals surface area contributed by atoms with Gasteiger partial charge in [-0.05, 0) is 26.2 Å². The van der Waals surface area contributed by atoms with Crippen molar-refractivity contribution < 1.29 is 9.53 Å². The summed E-state index contributed by atoms with van der Waals surface area (Å²) >= 11 is 0. The molecule has 4 heteroatoms. The normalized spacial score (nSPS) is 32.7. The van der Waals surface area contributed by atoms with Gasteiger partial charge in [-0.3, -0.25) is 4.79 Å². The summed E-state index contributed by atoms with van der Waals surface area (Å²) in [6.07, 6.45) is 2.96. The first-order valence-electron chi connectivity index (χ1n) is 5.91. The Bertz CT molecular complexity index is 227. The molecule has 2 rings (SSSR count). The predicted molar refractivity (Wildman–Crippen MR) is 57.6 cm³/mol. The van der Waals surface area contributed by atoms with Crippen molar-refractivity contribution >= 4 is 5.91 Å². The maximum atomic E-state index is 12.1. The second kappa shape index (κ2) is 4.94. The Hall–Kier alpha value is -0.610. The number of nitrogens with zero attached hydrogens (tertiary/aromatic N) is 1. The molecule has 0 radical (unpaired) electrons. The van der Waals surface area contributed by atoms with Crippen molar-refractivity contribution in [3.8, 4) is 0 Å². The highest BCUT2D eigenvalue weighted by Gasteiger charge is 2.28. The lowest BCUT2D eigenvalue weighted by molar-refractivity contribution is -0.147. The quantitative estimate of drug-likeness (QED) is 0.683. The van der Waals surface area contributed by atoms with Gasteiger partial charge in [0.25, 0.3) is 5.91 Å². The minimum atomic E-state index is -0.163. The molecule has 1 amide bonds. The van der Waals surface area contributed by atoms with E-state index >= 15 is 0 Å². The Labute approximate surface area is 91.0 Å². The Morgan fingerprint density at radius 1 is 1.47 bits per heavy atom. The van der Waals surface area contributed by atoms with E-state index in [-0.39, 0.29) is 12.0 Å². The van der Waals surface area contributed by atoms with Crippen LogP contribution in [0, 0.1) is 0 Å². The lowest BCUT2D eigenvalue weighted by atomic mass is 10.1. The van der Waals surface area contributed by atoms with Crippen LogP contribution in [0.5, 0.6) is 0 Å². The van der Waals surface area contributed by atoms with Gasteiger partial charge in [0.15, 0.2) is 0 Å². The van der Waals surface area contributed by atoms with Crippen molar-refractivity contribution in [1.82, 2.24) is 10.2 Å². The molecule has 0 saturated carbocycles. The number of rotatable bonds is 1. The van der Waals surface area contributed by atoms with Gasteiger partial charge in [0.05, 0.1) is 0 Å². The van der Waals surface area contributed by atoms with Gasteiger partial charge in [-0.25, -0.2) is 0 Å². The fourth-order valence-electron chi connectivity index (χ4n) is 2.27. The Kier molecular flexibility index (Phi) is 3.59. The molecule has 2 aliphatic heterocycles. The fourth-order valence-corrected chi connectivity index (χ4v) is 2.27. The molecule has 0 aliphatic carbocycles. The van der Waals surface area contributed by atoms with Crippen LogP contribution in [-0.4, -0.2) is 49.2 Å². The minimum absolute atomic E-state index is 0.163. The smallest absolute Gasteiger partial charge is 0.251 e. The number of piperazine rings is 1. The summed E-state index contributed by atoms with van der Waals surface area (Å²) in [5.74, 6) is 0.197. The van der Waals surface area contributed by atoms with Crippen LogP contribution < -0.4 is 5.32 Å². The Morgan fingerprint density at radius 3 is 3.00 bits per heavy atom. The number of hydrogen-bond donors (Lipinski definition) is 1. The summed E-state index contributed by atoms with van der Waals surface area (Å²) in [7, 11) is 0. The zero-order chi connectivity index (χ0) is 10.7. The van der Waals surface area contributed by atoms with Crippen LogP contribution in [0.2, 0.25) is 0 Å². The van der Waals surface area contributed by atoms with Gasteiger partial charge < -0.3 is 15.0 Å². The summed E-state index contributed by atoms with van der Waals surface area (Å²) in [5.41, 5.74) is 0. The largest absolute Gasteiger partial charge is 0.368 e. The molecule has 0 aromatic carbocycles. The lowest BCUT2D eigenvalue weighted by Gasteiger charge is -2.35. The summed E-state index contributed by atoms with van der Waals surface area (Å²) in [4.78, 5) is 14.0. The molecule has 2 aliphatic rings. The van der Waals surface area contributed by atoms with E-state index < -0.39 is 0 Å². The second-order valence-electron chi connectivity index (χ2n) is 4.49. The van der Waals surface area contributed by atoms with Gasteiger partial charge in [-0.2, -0.15) is 0 Å². The Balaban J connectivity index is 1.88. The van der Waals surface area contributed by atoms with Crippen molar-refractivity contribution in [2.24, 2.45) is 0 Å². The van der Waals surface area contributed by atoms with Crippen LogP contribution in [-0.2, 0) is 9.53 Å². The van der Waals surface area contributed by atoms with Gasteiger partial charge in [0, 0.05) is 32.3 Å². The van der Waals surface area contributed by atoms with Crippen LogP contribution in [0.15, 0.2) is 0 Å². The van der Waals surface area contributed by atoms with E-state index in [1.807, 2.05) is 4.90 Å². The third-order valence-electron chi connectivity index (χ3n) is 3.14. The summed E-state index contributed by atoms with van der Waals surface area (Å²) in [5, 5.41) is 3.34. The van der Waals surface area contributed by atoms with Crippen molar-refractivity contribution in [3.05, 3.63) is 0 Å². The van der Waals surface area contributed by atoms with E-state index in [4.69, 9.17) is 4.74 Å². The van der Waals surface area contributed by atoms with Gasteiger partial charge in [-0.15, -0.1) is 0 Å². The molecule has 2 fully saturated rings. The van der Waals surface area contributed by atoms with Crippen molar-refractivity contribution in [1.29, 1.82) is 0 Å². The molecular formula is C11H20N2O2. The SMILES string of the molecule is C[C@H]1CN(C(=O)C2CCCCO2)CCN1. The topological polar surface area (TPSA) is 41.6 Å². The van der Waals surface area contributed by atoms with Crippen LogP contribution >= 0.6 is 0 Å². The summed E-state index contributed by atoms with van der Waals surface area (Å²) in [6.45, 7) is 5.40. The zero-order valence-corrected chi connectivity index (χ0v) is 9.37. The summed E-state index contributed by atoms with van der Waals surface area (Å²) in [6, 6.07) is 0.409. The van der Waals surface area contributed by atoms with E-state index in [0.29, 0.717) is 6.04 Å². The first kappa shape index (κ1) is 10.9. The van der Waals surface area contributed by atoms with Gasteiger partial charge in [-0.1, -0.05) is 0 Å². The summed E-state index contributed by atoms with van der Waals surface area (Å²) < 4.78 is 5.52. The minimum Gasteiger partial charge on any atom is -0.368 e. The molecule has 0 bridgehead atoms. The molecule has 2 heterocycles. The number of carbonyl (C=O) groups excluding carboxylic acids is 1. The van der Waals surface area contributed by atoms with Crippen LogP contribution in [0.4, 0.5) is 0 Å². The number of carbonyl (C=O) groups is 1. The Morgan fingerprint density at radius 2 is 2.33 bits per heavy atom. The van der Waals surface area contributed by atoms with Gasteiger partial charge in [0.1, 0.15) is 6.10 Å². The zero-order valence-electron chi connectivity index (χ0n) is 9.37. The highest BCUT2D eigenvalue weighted by Crippen LogP contribution is 2.15. The van der Waals surface area contributed by atoms with E-state index in [1.165, 1.54) is 0 Å². The molecule has 15 heavy (non-hydrogen) atoms. The lowest BCUT2D eigenvalue weighted by Crippen LogP contribution is -2.54. The molecule has 2 atom stereocenters. The predicted octanol–water partition coefficient (Wildman–Crippen LogP) is 0.376. The number of hydrogen-bond acceptors (Lipinski definition) is 3. The average Bonchev–Trinajstić information content (AvgIpc) is 2.29. The number of nitrogens with one attached hydrogen (secondary N) is 1. The molecule has 2 saturated heterocycles. The van der Waals surface area contributed by atoms with E-state index in [9.17, 15) is 4.79 Å². The monoisotopic (exact) mass is 212 g/mol. The maximum absolute atomic E-state index is 12.1. The maximum Gasteiger partial charge on any atom is 0.251 e. The number of ether oxygens (including phenoxy) is 1. The molecule has 0 aromatic rings. The molecule has 1 N–H and O–H groups in total. The van der Waals surface area contributed by atoms with Crippen LogP contribution in [0.1, 0.15) is 26.2 Å². The highest BCUT2D eigenvalue weighted by atomic mass is 16.5. The van der Waals surface area contributed by atoms with E-state index in [2.05, 4.69) is 12.2 Å². The molecule has 4 nitrogen and oxygen atoms in total. The van der Waals surface area contributed by atoms with Crippen LogP contribution in [0.3, 0.4) is 0 Å². The first-order chi connectivity index (χ1) is 7.27. The molecular weight excluding hydrogens is 192 g/mol. The standard InChI is InChI=1S/C11H20N2O2/c1-9-8-13(6-5-12-9)11(14)10-4-2-3-7-15-10/h9-10,12H,2-8H2,1H3/t9-,10?/m0/s1. The highest BCUT2D eigenvalue weighted by molar-refractivity contribution is 5.81. The fraction of sp³-hybridized carbons (Fsp3) is 0.909. The van der Waals surface area contributed by atoms with Crippen molar-refractivity contribution in [2.45, 2.75) is 38.3 Å². The van der Waals surface area contributed by atoms with Crippen molar-refractivity contribution in [3.63, 3.8) is 0 Å². The van der Waals surface area contributed by atoms with Gasteiger partial charge in [0.2, 0.25) is 0 Å². The van der Waals surface area contributed by atoms with E-state index in [1.54, 1.807) is 0 Å². The third kappa shape index (κ3) is 2.69. The molecule has 0 spiro atoms. The number of amides is 1.